The molecule has 1 aromatic carbocycles. The van der Waals surface area contributed by atoms with Crippen LogP contribution in [0.5, 0.6) is 0 Å². The zero-order chi connectivity index (χ0) is 11.0. The van der Waals surface area contributed by atoms with Crippen molar-refractivity contribution < 1.29 is 9.59 Å². The van der Waals surface area contributed by atoms with Gasteiger partial charge in [-0.25, -0.2) is 0 Å². The van der Waals surface area contributed by atoms with Crippen LogP contribution in [-0.2, 0) is 4.79 Å². The minimum atomic E-state index is -0.545. The Morgan fingerprint density at radius 1 is 1.20 bits per heavy atom. The van der Waals surface area contributed by atoms with E-state index in [1.54, 1.807) is 24.3 Å². The summed E-state index contributed by atoms with van der Waals surface area (Å²) in [5, 5.41) is 0. The molecule has 1 aliphatic rings. The fraction of sp³-hybridized carbons (Fsp3) is 0. The fourth-order valence-electron chi connectivity index (χ4n) is 1.61. The predicted molar refractivity (Wildman–Crippen MR) is 57.1 cm³/mol. The number of hydrogen-bond donors (Lipinski definition) is 1. The molecular weight excluding hydrogens is 190 g/mol. The number of carbonyl (C=O) groups excluding carboxylic acids is 2. The summed E-state index contributed by atoms with van der Waals surface area (Å²) in [5.41, 5.74) is 6.94. The first kappa shape index (κ1) is 9.40. The Kier molecular flexibility index (Phi) is 2.01. The SMILES string of the molecule is C=C1C=C(C(N)=O)c2ccccc2C1=O. The summed E-state index contributed by atoms with van der Waals surface area (Å²) in [5.74, 6) is -0.702. The number of primary amides is 1. The van der Waals surface area contributed by atoms with Crippen LogP contribution in [0.2, 0.25) is 0 Å². The minimum Gasteiger partial charge on any atom is -0.366 e. The Morgan fingerprint density at radius 2 is 1.80 bits per heavy atom. The third-order valence-electron chi connectivity index (χ3n) is 2.34. The maximum Gasteiger partial charge on any atom is 0.249 e. The second-order valence-corrected chi connectivity index (χ2v) is 3.32. The van der Waals surface area contributed by atoms with Gasteiger partial charge in [0.2, 0.25) is 5.91 Å². The number of hydrogen-bond acceptors (Lipinski definition) is 2. The molecule has 0 bridgehead atoms. The van der Waals surface area contributed by atoms with Gasteiger partial charge in [-0.2, -0.15) is 0 Å². The van der Waals surface area contributed by atoms with Crippen molar-refractivity contribution in [1.82, 2.24) is 0 Å². The Bertz CT molecular complexity index is 512. The van der Waals surface area contributed by atoms with Gasteiger partial charge < -0.3 is 5.73 Å². The number of ketones is 1. The Morgan fingerprint density at radius 3 is 2.40 bits per heavy atom. The summed E-state index contributed by atoms with van der Waals surface area (Å²) in [4.78, 5) is 22.9. The van der Waals surface area contributed by atoms with Gasteiger partial charge in [-0.15, -0.1) is 0 Å². The van der Waals surface area contributed by atoms with Crippen LogP contribution in [0.1, 0.15) is 15.9 Å². The van der Waals surface area contributed by atoms with Gasteiger partial charge >= 0.3 is 0 Å². The van der Waals surface area contributed by atoms with E-state index in [4.69, 9.17) is 5.73 Å². The zero-order valence-electron chi connectivity index (χ0n) is 7.99. The van der Waals surface area contributed by atoms with Gasteiger partial charge in [0, 0.05) is 16.7 Å². The van der Waals surface area contributed by atoms with Crippen molar-refractivity contribution in [2.24, 2.45) is 5.73 Å². The van der Waals surface area contributed by atoms with E-state index >= 15 is 0 Å². The summed E-state index contributed by atoms with van der Waals surface area (Å²) in [6, 6.07) is 6.87. The summed E-state index contributed by atoms with van der Waals surface area (Å²) < 4.78 is 0. The maximum atomic E-state index is 11.7. The van der Waals surface area contributed by atoms with Crippen LogP contribution in [0.15, 0.2) is 42.5 Å². The molecule has 0 spiro atoms. The standard InChI is InChI=1S/C12H9NO2/c1-7-6-10(12(13)15)8-4-2-3-5-9(8)11(7)14/h2-6H,1H2,(H2,13,15). The highest BCUT2D eigenvalue weighted by atomic mass is 16.1. The molecule has 2 rings (SSSR count). The van der Waals surface area contributed by atoms with Crippen LogP contribution in [0, 0.1) is 0 Å². The van der Waals surface area contributed by atoms with Gasteiger partial charge in [0.1, 0.15) is 0 Å². The highest BCUT2D eigenvalue weighted by molar-refractivity contribution is 6.28. The van der Waals surface area contributed by atoms with Crippen molar-refractivity contribution in [3.05, 3.63) is 53.6 Å². The van der Waals surface area contributed by atoms with Gasteiger partial charge in [-0.1, -0.05) is 30.8 Å². The molecular formula is C12H9NO2. The quantitative estimate of drug-likeness (QED) is 0.693. The molecule has 0 radical (unpaired) electrons. The monoisotopic (exact) mass is 199 g/mol. The zero-order valence-corrected chi connectivity index (χ0v) is 7.99. The summed E-state index contributed by atoms with van der Waals surface area (Å²) in [6.07, 6.45) is 1.44. The molecule has 0 aliphatic heterocycles. The molecule has 1 aliphatic carbocycles. The van der Waals surface area contributed by atoms with Gasteiger partial charge in [0.15, 0.2) is 5.78 Å². The maximum absolute atomic E-state index is 11.7. The van der Waals surface area contributed by atoms with E-state index in [2.05, 4.69) is 6.58 Å². The van der Waals surface area contributed by atoms with Crippen molar-refractivity contribution in [2.45, 2.75) is 0 Å². The van der Waals surface area contributed by atoms with Crippen molar-refractivity contribution in [1.29, 1.82) is 0 Å². The lowest BCUT2D eigenvalue weighted by Gasteiger charge is -2.15. The molecule has 0 heterocycles. The van der Waals surface area contributed by atoms with E-state index in [-0.39, 0.29) is 5.78 Å². The van der Waals surface area contributed by atoms with E-state index in [1.807, 2.05) is 0 Å². The predicted octanol–water partition coefficient (Wildman–Crippen LogP) is 1.31. The number of nitrogens with two attached hydrogens (primary N) is 1. The lowest BCUT2D eigenvalue weighted by molar-refractivity contribution is -0.112. The first-order valence-corrected chi connectivity index (χ1v) is 4.46. The highest BCUT2D eigenvalue weighted by Crippen LogP contribution is 2.27. The van der Waals surface area contributed by atoms with Crippen LogP contribution >= 0.6 is 0 Å². The Balaban J connectivity index is 2.71. The minimum absolute atomic E-state index is 0.157. The summed E-state index contributed by atoms with van der Waals surface area (Å²) in [6.45, 7) is 3.59. The molecule has 2 N–H and O–H groups in total. The molecule has 3 nitrogen and oxygen atoms in total. The van der Waals surface area contributed by atoms with Crippen LogP contribution in [0.4, 0.5) is 0 Å². The van der Waals surface area contributed by atoms with Crippen LogP contribution in [0.3, 0.4) is 0 Å². The Hall–Kier alpha value is -2.16. The largest absolute Gasteiger partial charge is 0.366 e. The molecule has 0 aromatic heterocycles. The molecule has 0 saturated heterocycles. The smallest absolute Gasteiger partial charge is 0.249 e. The second-order valence-electron chi connectivity index (χ2n) is 3.32. The fourth-order valence-corrected chi connectivity index (χ4v) is 1.61. The van der Waals surface area contributed by atoms with Gasteiger partial charge in [0.25, 0.3) is 0 Å². The van der Waals surface area contributed by atoms with Crippen molar-refractivity contribution in [3.63, 3.8) is 0 Å². The number of allylic oxidation sites excluding steroid dienone is 2. The number of rotatable bonds is 1. The average Bonchev–Trinajstić information content (AvgIpc) is 2.23. The molecule has 1 aromatic rings. The Labute approximate surface area is 86.9 Å². The molecule has 0 atom stereocenters. The van der Waals surface area contributed by atoms with E-state index in [0.717, 1.165) is 0 Å². The lowest BCUT2D eigenvalue weighted by Crippen LogP contribution is -2.19. The lowest BCUT2D eigenvalue weighted by atomic mass is 9.87. The third-order valence-corrected chi connectivity index (χ3v) is 2.34. The molecule has 74 valence electrons. The van der Waals surface area contributed by atoms with Gasteiger partial charge in [-0.3, -0.25) is 9.59 Å². The molecule has 0 fully saturated rings. The van der Waals surface area contributed by atoms with Crippen molar-refractivity contribution >= 4 is 17.3 Å². The summed E-state index contributed by atoms with van der Waals surface area (Å²) >= 11 is 0. The normalized spacial score (nSPS) is 14.5. The van der Waals surface area contributed by atoms with E-state index in [0.29, 0.717) is 22.3 Å². The van der Waals surface area contributed by atoms with E-state index < -0.39 is 5.91 Å². The molecule has 0 unspecified atom stereocenters. The summed E-state index contributed by atoms with van der Waals surface area (Å²) in [7, 11) is 0. The second kappa shape index (κ2) is 3.20. The first-order chi connectivity index (χ1) is 7.11. The number of amides is 1. The van der Waals surface area contributed by atoms with E-state index in [1.165, 1.54) is 6.08 Å². The van der Waals surface area contributed by atoms with Crippen LogP contribution < -0.4 is 5.73 Å². The van der Waals surface area contributed by atoms with Crippen LogP contribution in [0.25, 0.3) is 5.57 Å². The number of benzene rings is 1. The first-order valence-electron chi connectivity index (χ1n) is 4.46. The molecule has 15 heavy (non-hydrogen) atoms. The van der Waals surface area contributed by atoms with Gasteiger partial charge in [-0.05, 0) is 11.6 Å². The van der Waals surface area contributed by atoms with Crippen LogP contribution in [-0.4, -0.2) is 11.7 Å². The topological polar surface area (TPSA) is 60.2 Å². The molecule has 3 heteroatoms. The average molecular weight is 199 g/mol. The van der Waals surface area contributed by atoms with Crippen molar-refractivity contribution in [3.8, 4) is 0 Å². The molecule has 1 amide bonds. The third kappa shape index (κ3) is 1.38. The highest BCUT2D eigenvalue weighted by Gasteiger charge is 2.23. The number of carbonyl (C=O) groups is 2. The number of fused-ring (bicyclic) bond motifs is 1. The number of Topliss-reactive ketones (excluding diaryl/α,β-unsaturated/α-hetero) is 1. The van der Waals surface area contributed by atoms with Crippen molar-refractivity contribution in [2.75, 3.05) is 0 Å². The van der Waals surface area contributed by atoms with Gasteiger partial charge in [0.05, 0.1) is 0 Å². The van der Waals surface area contributed by atoms with E-state index in [9.17, 15) is 9.59 Å². The molecule has 0 saturated carbocycles.